The smallest absolute Gasteiger partial charge is 0.265 e. The summed E-state index contributed by atoms with van der Waals surface area (Å²) in [5, 5.41) is 3.68. The molecule has 60 valence electrons. The predicted molar refractivity (Wildman–Crippen MR) is 42.3 cm³/mol. The van der Waals surface area contributed by atoms with Gasteiger partial charge >= 0.3 is 5.91 Å². The Morgan fingerprint density at radius 3 is 2.67 bits per heavy atom. The van der Waals surface area contributed by atoms with E-state index >= 15 is 0 Å². The third-order valence-corrected chi connectivity index (χ3v) is 1.72. The van der Waals surface area contributed by atoms with Gasteiger partial charge in [0.15, 0.2) is 12.4 Å². The summed E-state index contributed by atoms with van der Waals surface area (Å²) in [5.74, 6) is -0.0915. The zero-order valence-electron chi connectivity index (χ0n) is 6.34. The Labute approximate surface area is 69.5 Å². The molecule has 1 amide bonds. The molecule has 4 nitrogen and oxygen atoms in total. The average molecular weight is 162 g/mol. The van der Waals surface area contributed by atoms with E-state index in [2.05, 4.69) is 10.5 Å². The van der Waals surface area contributed by atoms with Gasteiger partial charge in [-0.3, -0.25) is 4.79 Å². The summed E-state index contributed by atoms with van der Waals surface area (Å²) in [6, 6.07) is 5.37. The first kappa shape index (κ1) is 6.97. The number of hydrogen-bond donors (Lipinski definition) is 1. The molecule has 1 aliphatic rings. The first-order valence-electron chi connectivity index (χ1n) is 3.67. The monoisotopic (exact) mass is 162 g/mol. The van der Waals surface area contributed by atoms with Crippen LogP contribution in [0.5, 0.6) is 0 Å². The molecule has 12 heavy (non-hydrogen) atoms. The number of amides is 1. The van der Waals surface area contributed by atoms with E-state index < -0.39 is 0 Å². The third-order valence-electron chi connectivity index (χ3n) is 1.72. The summed E-state index contributed by atoms with van der Waals surface area (Å²) in [4.78, 5) is 11.1. The first-order valence-corrected chi connectivity index (χ1v) is 3.67. The molecule has 0 saturated carbocycles. The standard InChI is InChI=1S/C8H7N3O/c12-8-7(6-9-10-8)11-4-2-1-3-5-11/h1-7H/p+1. The highest BCUT2D eigenvalue weighted by Gasteiger charge is 2.28. The molecule has 2 heterocycles. The number of nitrogens with one attached hydrogen (secondary N) is 1. The highest BCUT2D eigenvalue weighted by molar-refractivity contribution is 5.97. The Kier molecular flexibility index (Phi) is 1.59. The molecule has 1 aromatic heterocycles. The molecule has 0 saturated heterocycles. The summed E-state index contributed by atoms with van der Waals surface area (Å²) in [6.45, 7) is 0. The second-order valence-electron chi connectivity index (χ2n) is 2.52. The van der Waals surface area contributed by atoms with Crippen molar-refractivity contribution in [2.45, 2.75) is 6.04 Å². The van der Waals surface area contributed by atoms with Crippen molar-refractivity contribution in [1.29, 1.82) is 0 Å². The molecule has 0 bridgehead atoms. The Morgan fingerprint density at radius 1 is 1.33 bits per heavy atom. The van der Waals surface area contributed by atoms with Gasteiger partial charge < -0.3 is 0 Å². The van der Waals surface area contributed by atoms with Crippen molar-refractivity contribution < 1.29 is 9.36 Å². The van der Waals surface area contributed by atoms with Gasteiger partial charge in [0.2, 0.25) is 0 Å². The lowest BCUT2D eigenvalue weighted by Gasteiger charge is -1.97. The number of hydrazone groups is 1. The number of carbonyl (C=O) groups excluding carboxylic acids is 1. The van der Waals surface area contributed by atoms with Crippen LogP contribution in [0, 0.1) is 0 Å². The van der Waals surface area contributed by atoms with Crippen molar-refractivity contribution in [3.63, 3.8) is 0 Å². The lowest BCUT2D eigenvalue weighted by Crippen LogP contribution is -2.44. The van der Waals surface area contributed by atoms with Crippen LogP contribution in [0.15, 0.2) is 35.7 Å². The van der Waals surface area contributed by atoms with Crippen LogP contribution >= 0.6 is 0 Å². The van der Waals surface area contributed by atoms with Crippen molar-refractivity contribution >= 4 is 12.1 Å². The van der Waals surface area contributed by atoms with Crippen LogP contribution in [0.3, 0.4) is 0 Å². The maximum Gasteiger partial charge on any atom is 0.315 e. The Bertz CT molecular complexity index is 320. The lowest BCUT2D eigenvalue weighted by atomic mass is 10.3. The minimum absolute atomic E-state index is 0.0915. The Hall–Kier alpha value is -1.71. The number of pyridine rings is 1. The Morgan fingerprint density at radius 2 is 2.08 bits per heavy atom. The van der Waals surface area contributed by atoms with Crippen molar-refractivity contribution in [3.8, 4) is 0 Å². The first-order chi connectivity index (χ1) is 5.88. The van der Waals surface area contributed by atoms with Crippen LogP contribution in [0.1, 0.15) is 6.04 Å². The minimum Gasteiger partial charge on any atom is -0.265 e. The van der Waals surface area contributed by atoms with E-state index in [4.69, 9.17) is 0 Å². The van der Waals surface area contributed by atoms with E-state index in [0.717, 1.165) is 0 Å². The molecular formula is C8H8N3O+. The fourth-order valence-electron chi connectivity index (χ4n) is 1.12. The molecule has 0 fully saturated rings. The highest BCUT2D eigenvalue weighted by Crippen LogP contribution is 1.97. The van der Waals surface area contributed by atoms with Crippen LogP contribution in [0.25, 0.3) is 0 Å². The fraction of sp³-hybridized carbons (Fsp3) is 0.125. The number of aromatic nitrogens is 1. The highest BCUT2D eigenvalue weighted by atomic mass is 16.2. The summed E-state index contributed by atoms with van der Waals surface area (Å²) >= 11 is 0. The molecular weight excluding hydrogens is 154 g/mol. The molecule has 1 aliphatic heterocycles. The lowest BCUT2D eigenvalue weighted by molar-refractivity contribution is -0.692. The van der Waals surface area contributed by atoms with Gasteiger partial charge in [0.1, 0.15) is 6.21 Å². The van der Waals surface area contributed by atoms with E-state index in [9.17, 15) is 4.79 Å². The molecule has 0 radical (unpaired) electrons. The zero-order chi connectivity index (χ0) is 8.39. The quantitative estimate of drug-likeness (QED) is 0.563. The van der Waals surface area contributed by atoms with Gasteiger partial charge in [-0.1, -0.05) is 6.07 Å². The van der Waals surface area contributed by atoms with Crippen molar-refractivity contribution in [2.75, 3.05) is 0 Å². The van der Waals surface area contributed by atoms with Gasteiger partial charge in [0, 0.05) is 12.1 Å². The van der Waals surface area contributed by atoms with Gasteiger partial charge in [-0.25, -0.2) is 5.43 Å². The van der Waals surface area contributed by atoms with Crippen LogP contribution < -0.4 is 9.99 Å². The van der Waals surface area contributed by atoms with E-state index in [1.54, 1.807) is 10.8 Å². The predicted octanol–water partition coefficient (Wildman–Crippen LogP) is -0.369. The molecule has 0 aliphatic carbocycles. The minimum atomic E-state index is -0.286. The molecule has 1 atom stereocenters. The maximum absolute atomic E-state index is 11.1. The van der Waals surface area contributed by atoms with E-state index in [1.807, 2.05) is 30.6 Å². The van der Waals surface area contributed by atoms with Gasteiger partial charge in [-0.05, 0) is 0 Å². The second kappa shape index (κ2) is 2.73. The third kappa shape index (κ3) is 1.07. The van der Waals surface area contributed by atoms with Gasteiger partial charge in [0.25, 0.3) is 6.04 Å². The molecule has 1 N–H and O–H groups in total. The molecule has 0 spiro atoms. The van der Waals surface area contributed by atoms with Gasteiger partial charge in [0.05, 0.1) is 0 Å². The van der Waals surface area contributed by atoms with Crippen LogP contribution in [0.4, 0.5) is 0 Å². The van der Waals surface area contributed by atoms with E-state index in [0.29, 0.717) is 0 Å². The van der Waals surface area contributed by atoms with Gasteiger partial charge in [-0.15, -0.1) is 0 Å². The largest absolute Gasteiger partial charge is 0.315 e. The number of nitrogens with zero attached hydrogens (tertiary/aromatic N) is 2. The van der Waals surface area contributed by atoms with Crippen molar-refractivity contribution in [2.24, 2.45) is 5.10 Å². The summed E-state index contributed by atoms with van der Waals surface area (Å²) in [6.07, 6.45) is 5.26. The average Bonchev–Trinajstić information content (AvgIpc) is 2.53. The molecule has 2 rings (SSSR count). The van der Waals surface area contributed by atoms with Crippen molar-refractivity contribution in [3.05, 3.63) is 30.6 Å². The second-order valence-corrected chi connectivity index (χ2v) is 2.52. The molecule has 0 aromatic carbocycles. The SMILES string of the molecule is O=C1NN=CC1[n+]1ccccc1. The van der Waals surface area contributed by atoms with E-state index in [-0.39, 0.29) is 11.9 Å². The van der Waals surface area contributed by atoms with Crippen LogP contribution in [-0.4, -0.2) is 12.1 Å². The molecule has 4 heteroatoms. The van der Waals surface area contributed by atoms with E-state index in [1.165, 1.54) is 0 Å². The number of rotatable bonds is 1. The molecule has 1 aromatic rings. The fourth-order valence-corrected chi connectivity index (χ4v) is 1.12. The maximum atomic E-state index is 11.1. The summed E-state index contributed by atoms with van der Waals surface area (Å²) in [5.41, 5.74) is 2.38. The summed E-state index contributed by atoms with van der Waals surface area (Å²) < 4.78 is 1.80. The number of hydrogen-bond acceptors (Lipinski definition) is 2. The number of carbonyl (C=O) groups is 1. The normalized spacial score (nSPS) is 21.0. The van der Waals surface area contributed by atoms with Crippen LogP contribution in [-0.2, 0) is 4.79 Å². The van der Waals surface area contributed by atoms with Crippen molar-refractivity contribution in [1.82, 2.24) is 5.43 Å². The van der Waals surface area contributed by atoms with Gasteiger partial charge in [-0.2, -0.15) is 9.67 Å². The zero-order valence-corrected chi connectivity index (χ0v) is 6.34. The Balaban J connectivity index is 2.31. The van der Waals surface area contributed by atoms with Crippen LogP contribution in [0.2, 0.25) is 0 Å². The topological polar surface area (TPSA) is 45.3 Å². The molecule has 1 unspecified atom stereocenters. The summed E-state index contributed by atoms with van der Waals surface area (Å²) in [7, 11) is 0.